The Morgan fingerprint density at radius 2 is 2.33 bits per heavy atom. The van der Waals surface area contributed by atoms with Gasteiger partial charge in [-0.15, -0.1) is 11.3 Å². The Bertz CT molecular complexity index is 500. The van der Waals surface area contributed by atoms with Crippen molar-refractivity contribution in [2.24, 2.45) is 5.73 Å². The third-order valence-corrected chi connectivity index (χ3v) is 4.77. The molecule has 1 atom stereocenters. The van der Waals surface area contributed by atoms with Crippen LogP contribution in [0.25, 0.3) is 0 Å². The molecule has 0 radical (unpaired) electrons. The predicted octanol–water partition coefficient (Wildman–Crippen LogP) is 3.39. The highest BCUT2D eigenvalue weighted by atomic mass is 32.1. The standard InChI is InChI=1S/C13H17N3S2/c1-9(14)12-8-18-13(15-12)16(11-2-3-11)6-10-4-5-17-7-10/h4-5,7-9,11H,2-3,6,14H2,1H3. The van der Waals surface area contributed by atoms with E-state index in [1.54, 1.807) is 22.7 Å². The van der Waals surface area contributed by atoms with Crippen LogP contribution < -0.4 is 10.6 Å². The van der Waals surface area contributed by atoms with E-state index in [1.807, 2.05) is 6.92 Å². The van der Waals surface area contributed by atoms with Crippen molar-refractivity contribution < 1.29 is 0 Å². The molecule has 18 heavy (non-hydrogen) atoms. The molecule has 1 fully saturated rings. The van der Waals surface area contributed by atoms with Gasteiger partial charge in [-0.1, -0.05) is 0 Å². The van der Waals surface area contributed by atoms with E-state index in [1.165, 1.54) is 18.4 Å². The summed E-state index contributed by atoms with van der Waals surface area (Å²) in [5.74, 6) is 0. The summed E-state index contributed by atoms with van der Waals surface area (Å²) in [6.45, 7) is 2.96. The lowest BCUT2D eigenvalue weighted by atomic mass is 10.3. The Morgan fingerprint density at radius 1 is 1.50 bits per heavy atom. The SMILES string of the molecule is CC(N)c1csc(N(Cc2ccsc2)C2CC2)n1. The molecule has 0 aliphatic heterocycles. The number of thiazole rings is 1. The maximum Gasteiger partial charge on any atom is 0.186 e. The molecule has 3 rings (SSSR count). The number of nitrogens with two attached hydrogens (primary N) is 1. The molecule has 0 spiro atoms. The highest BCUT2D eigenvalue weighted by molar-refractivity contribution is 7.13. The van der Waals surface area contributed by atoms with Crippen molar-refractivity contribution in [3.8, 4) is 0 Å². The number of nitrogens with zero attached hydrogens (tertiary/aromatic N) is 2. The third-order valence-electron chi connectivity index (χ3n) is 3.14. The molecular weight excluding hydrogens is 262 g/mol. The van der Waals surface area contributed by atoms with Crippen molar-refractivity contribution in [1.29, 1.82) is 0 Å². The molecule has 5 heteroatoms. The monoisotopic (exact) mass is 279 g/mol. The molecule has 0 aromatic carbocycles. The second kappa shape index (κ2) is 4.99. The van der Waals surface area contributed by atoms with E-state index in [2.05, 4.69) is 32.1 Å². The van der Waals surface area contributed by atoms with Crippen molar-refractivity contribution in [3.63, 3.8) is 0 Å². The molecular formula is C13H17N3S2. The lowest BCUT2D eigenvalue weighted by Gasteiger charge is -2.20. The van der Waals surface area contributed by atoms with Gasteiger partial charge in [0.1, 0.15) is 0 Å². The smallest absolute Gasteiger partial charge is 0.186 e. The summed E-state index contributed by atoms with van der Waals surface area (Å²) >= 11 is 3.47. The largest absolute Gasteiger partial charge is 0.341 e. The van der Waals surface area contributed by atoms with Gasteiger partial charge in [-0.3, -0.25) is 0 Å². The van der Waals surface area contributed by atoms with Crippen LogP contribution in [-0.4, -0.2) is 11.0 Å². The molecule has 0 bridgehead atoms. The second-order valence-corrected chi connectivity index (χ2v) is 6.45. The number of aromatic nitrogens is 1. The zero-order valence-corrected chi connectivity index (χ0v) is 12.0. The van der Waals surface area contributed by atoms with Crippen LogP contribution in [0.2, 0.25) is 0 Å². The first-order valence-electron chi connectivity index (χ1n) is 6.23. The first-order valence-corrected chi connectivity index (χ1v) is 8.05. The summed E-state index contributed by atoms with van der Waals surface area (Å²) in [7, 11) is 0. The predicted molar refractivity (Wildman–Crippen MR) is 78.2 cm³/mol. The van der Waals surface area contributed by atoms with Gasteiger partial charge in [0.05, 0.1) is 5.69 Å². The van der Waals surface area contributed by atoms with Gasteiger partial charge in [0.2, 0.25) is 0 Å². The number of thiophene rings is 1. The minimum absolute atomic E-state index is 0.0252. The summed E-state index contributed by atoms with van der Waals surface area (Å²) in [6, 6.07) is 2.90. The first-order chi connectivity index (χ1) is 8.74. The Labute approximate surface area is 115 Å². The lowest BCUT2D eigenvalue weighted by molar-refractivity contribution is 0.761. The van der Waals surface area contributed by atoms with E-state index in [0.717, 1.165) is 17.4 Å². The zero-order chi connectivity index (χ0) is 12.5. The van der Waals surface area contributed by atoms with E-state index >= 15 is 0 Å². The van der Waals surface area contributed by atoms with E-state index in [0.29, 0.717) is 6.04 Å². The van der Waals surface area contributed by atoms with Gasteiger partial charge in [0, 0.05) is 24.0 Å². The van der Waals surface area contributed by atoms with Gasteiger partial charge in [-0.2, -0.15) is 11.3 Å². The Morgan fingerprint density at radius 3 is 2.89 bits per heavy atom. The fourth-order valence-corrected chi connectivity index (χ4v) is 3.60. The van der Waals surface area contributed by atoms with Gasteiger partial charge in [-0.25, -0.2) is 4.98 Å². The van der Waals surface area contributed by atoms with Crippen LogP contribution in [-0.2, 0) is 6.54 Å². The highest BCUT2D eigenvalue weighted by Gasteiger charge is 2.31. The van der Waals surface area contributed by atoms with Crippen LogP contribution >= 0.6 is 22.7 Å². The van der Waals surface area contributed by atoms with Crippen LogP contribution in [0.1, 0.15) is 37.1 Å². The van der Waals surface area contributed by atoms with E-state index in [4.69, 9.17) is 5.73 Å². The molecule has 2 aromatic rings. The van der Waals surface area contributed by atoms with E-state index < -0.39 is 0 Å². The third kappa shape index (κ3) is 2.58. The highest BCUT2D eigenvalue weighted by Crippen LogP contribution is 2.35. The summed E-state index contributed by atoms with van der Waals surface area (Å²) in [5.41, 5.74) is 8.27. The van der Waals surface area contributed by atoms with Gasteiger partial charge < -0.3 is 10.6 Å². The van der Waals surface area contributed by atoms with Crippen molar-refractivity contribution in [3.05, 3.63) is 33.5 Å². The van der Waals surface area contributed by atoms with Crippen LogP contribution in [0.15, 0.2) is 22.2 Å². The molecule has 1 unspecified atom stereocenters. The second-order valence-electron chi connectivity index (χ2n) is 4.83. The molecule has 1 aliphatic carbocycles. The summed E-state index contributed by atoms with van der Waals surface area (Å²) in [4.78, 5) is 7.10. The van der Waals surface area contributed by atoms with E-state index in [-0.39, 0.29) is 6.04 Å². The van der Waals surface area contributed by atoms with Crippen LogP contribution in [0, 0.1) is 0 Å². The molecule has 2 aromatic heterocycles. The maximum atomic E-state index is 5.88. The fraction of sp³-hybridized carbons (Fsp3) is 0.462. The van der Waals surface area contributed by atoms with Gasteiger partial charge >= 0.3 is 0 Å². The van der Waals surface area contributed by atoms with Crippen molar-refractivity contribution >= 4 is 27.8 Å². The number of anilines is 1. The Hall–Kier alpha value is -0.910. The van der Waals surface area contributed by atoms with Crippen molar-refractivity contribution in [2.75, 3.05) is 4.90 Å². The van der Waals surface area contributed by atoms with Gasteiger partial charge in [0.15, 0.2) is 5.13 Å². The quantitative estimate of drug-likeness (QED) is 0.912. The topological polar surface area (TPSA) is 42.1 Å². The molecule has 0 amide bonds. The zero-order valence-electron chi connectivity index (χ0n) is 10.4. The summed E-state index contributed by atoms with van der Waals surface area (Å²) < 4.78 is 0. The molecule has 96 valence electrons. The molecule has 3 nitrogen and oxygen atoms in total. The average Bonchev–Trinajstić information content (AvgIpc) is 2.88. The Kier molecular flexibility index (Phi) is 3.37. The number of hydrogen-bond donors (Lipinski definition) is 1. The van der Waals surface area contributed by atoms with Crippen molar-refractivity contribution in [2.45, 2.75) is 38.4 Å². The molecule has 1 aliphatic rings. The minimum atomic E-state index is 0.0252. The average molecular weight is 279 g/mol. The normalized spacial score (nSPS) is 16.8. The fourth-order valence-electron chi connectivity index (χ4n) is 1.94. The molecule has 1 saturated carbocycles. The van der Waals surface area contributed by atoms with E-state index in [9.17, 15) is 0 Å². The number of hydrogen-bond acceptors (Lipinski definition) is 5. The summed E-state index contributed by atoms with van der Waals surface area (Å²) in [5, 5.41) is 7.56. The first kappa shape index (κ1) is 12.1. The van der Waals surface area contributed by atoms with Crippen molar-refractivity contribution in [1.82, 2.24) is 4.98 Å². The summed E-state index contributed by atoms with van der Waals surface area (Å²) in [6.07, 6.45) is 2.58. The van der Waals surface area contributed by atoms with Crippen LogP contribution in [0.5, 0.6) is 0 Å². The Balaban J connectivity index is 1.80. The molecule has 2 heterocycles. The molecule has 2 N–H and O–H groups in total. The van der Waals surface area contributed by atoms with Gasteiger partial charge in [-0.05, 0) is 42.2 Å². The van der Waals surface area contributed by atoms with Crippen LogP contribution in [0.3, 0.4) is 0 Å². The minimum Gasteiger partial charge on any atom is -0.341 e. The number of rotatable bonds is 5. The lowest BCUT2D eigenvalue weighted by Crippen LogP contribution is -2.24. The maximum absolute atomic E-state index is 5.88. The molecule has 0 saturated heterocycles. The van der Waals surface area contributed by atoms with Crippen LogP contribution in [0.4, 0.5) is 5.13 Å². The van der Waals surface area contributed by atoms with Gasteiger partial charge in [0.25, 0.3) is 0 Å².